The van der Waals surface area contributed by atoms with E-state index in [1.54, 1.807) is 18.3 Å². The summed E-state index contributed by atoms with van der Waals surface area (Å²) in [5.74, 6) is -0.129. The molecule has 1 N–H and O–H groups in total. The lowest BCUT2D eigenvalue weighted by atomic mass is 10.1. The molecular weight excluding hydrogens is 240 g/mol. The average Bonchev–Trinajstić information content (AvgIpc) is 2.93. The lowest BCUT2D eigenvalue weighted by Gasteiger charge is -1.96. The summed E-state index contributed by atoms with van der Waals surface area (Å²) in [6.45, 7) is 1.91. The van der Waals surface area contributed by atoms with Crippen LogP contribution in [0.2, 0.25) is 0 Å². The fourth-order valence-electron chi connectivity index (χ4n) is 1.50. The van der Waals surface area contributed by atoms with Crippen molar-refractivity contribution in [2.75, 3.05) is 0 Å². The molecule has 4 nitrogen and oxygen atoms in total. The predicted octanol–water partition coefficient (Wildman–Crippen LogP) is 3.10. The third-order valence-electron chi connectivity index (χ3n) is 2.37. The van der Waals surface area contributed by atoms with Gasteiger partial charge in [-0.15, -0.1) is 0 Å². The SMILES string of the molecule is CC(/C=N\NC(=O)c1ccco1)=C\c1ccccc1. The number of hydrogen-bond acceptors (Lipinski definition) is 3. The second-order valence-corrected chi connectivity index (χ2v) is 3.98. The Morgan fingerprint density at radius 1 is 1.21 bits per heavy atom. The number of carbonyl (C=O) groups is 1. The minimum absolute atomic E-state index is 0.238. The Morgan fingerprint density at radius 2 is 2.00 bits per heavy atom. The summed E-state index contributed by atoms with van der Waals surface area (Å²) in [6.07, 6.45) is 5.01. The summed E-state index contributed by atoms with van der Waals surface area (Å²) < 4.78 is 4.95. The average molecular weight is 254 g/mol. The van der Waals surface area contributed by atoms with Crippen LogP contribution < -0.4 is 5.43 Å². The van der Waals surface area contributed by atoms with Gasteiger partial charge in [0.1, 0.15) is 0 Å². The highest BCUT2D eigenvalue weighted by Crippen LogP contribution is 2.04. The molecule has 96 valence electrons. The molecule has 0 aliphatic heterocycles. The smallest absolute Gasteiger partial charge is 0.307 e. The third-order valence-corrected chi connectivity index (χ3v) is 2.37. The van der Waals surface area contributed by atoms with Gasteiger partial charge >= 0.3 is 5.91 Å². The predicted molar refractivity (Wildman–Crippen MR) is 74.8 cm³/mol. The van der Waals surface area contributed by atoms with Crippen LogP contribution in [0.25, 0.3) is 6.08 Å². The molecule has 2 aromatic rings. The summed E-state index contributed by atoms with van der Waals surface area (Å²) >= 11 is 0. The van der Waals surface area contributed by atoms with E-state index < -0.39 is 0 Å². The van der Waals surface area contributed by atoms with Gasteiger partial charge in [-0.1, -0.05) is 36.4 Å². The van der Waals surface area contributed by atoms with Gasteiger partial charge < -0.3 is 4.42 Å². The van der Waals surface area contributed by atoms with Crippen molar-refractivity contribution in [3.63, 3.8) is 0 Å². The highest BCUT2D eigenvalue weighted by molar-refractivity contribution is 5.92. The second-order valence-electron chi connectivity index (χ2n) is 3.98. The molecule has 1 aromatic heterocycles. The third kappa shape index (κ3) is 3.96. The molecule has 0 aliphatic carbocycles. The van der Waals surface area contributed by atoms with E-state index in [1.165, 1.54) is 6.26 Å². The molecule has 0 aliphatic rings. The zero-order chi connectivity index (χ0) is 13.5. The van der Waals surface area contributed by atoms with E-state index in [2.05, 4.69) is 10.5 Å². The molecule has 19 heavy (non-hydrogen) atoms. The van der Waals surface area contributed by atoms with E-state index in [0.717, 1.165) is 11.1 Å². The number of carbonyl (C=O) groups excluding carboxylic acids is 1. The Bertz CT molecular complexity index is 584. The highest BCUT2D eigenvalue weighted by atomic mass is 16.3. The van der Waals surface area contributed by atoms with E-state index in [-0.39, 0.29) is 11.7 Å². The van der Waals surface area contributed by atoms with E-state index >= 15 is 0 Å². The second kappa shape index (κ2) is 6.35. The van der Waals surface area contributed by atoms with Crippen molar-refractivity contribution in [2.24, 2.45) is 5.10 Å². The van der Waals surface area contributed by atoms with E-state index in [4.69, 9.17) is 4.42 Å². The number of hydrogen-bond donors (Lipinski definition) is 1. The maximum atomic E-state index is 11.5. The molecule has 0 unspecified atom stereocenters. The maximum absolute atomic E-state index is 11.5. The van der Waals surface area contributed by atoms with Gasteiger partial charge in [-0.2, -0.15) is 5.10 Å². The lowest BCUT2D eigenvalue weighted by molar-refractivity contribution is 0.0927. The van der Waals surface area contributed by atoms with Crippen LogP contribution in [0.5, 0.6) is 0 Å². The zero-order valence-corrected chi connectivity index (χ0v) is 10.5. The van der Waals surface area contributed by atoms with Crippen LogP contribution in [0.1, 0.15) is 23.0 Å². The Kier molecular flexibility index (Phi) is 4.29. The van der Waals surface area contributed by atoms with Crippen molar-refractivity contribution < 1.29 is 9.21 Å². The number of benzene rings is 1. The Hall–Kier alpha value is -2.62. The molecular formula is C15H14N2O2. The first kappa shape index (κ1) is 12.8. The number of amides is 1. The van der Waals surface area contributed by atoms with Crippen molar-refractivity contribution in [1.29, 1.82) is 0 Å². The summed E-state index contributed by atoms with van der Waals surface area (Å²) in [6, 6.07) is 13.1. The zero-order valence-electron chi connectivity index (χ0n) is 10.5. The first-order valence-electron chi connectivity index (χ1n) is 5.86. The van der Waals surface area contributed by atoms with Crippen molar-refractivity contribution in [3.8, 4) is 0 Å². The van der Waals surface area contributed by atoms with Gasteiger partial charge in [-0.3, -0.25) is 4.79 Å². The summed E-state index contributed by atoms with van der Waals surface area (Å²) in [4.78, 5) is 11.5. The standard InChI is InChI=1S/C15H14N2O2/c1-12(10-13-6-3-2-4-7-13)11-16-17-15(18)14-8-5-9-19-14/h2-11H,1H3,(H,17,18)/b12-10+,16-11-. The number of furan rings is 1. The topological polar surface area (TPSA) is 54.6 Å². The van der Waals surface area contributed by atoms with Crippen molar-refractivity contribution >= 4 is 18.2 Å². The van der Waals surface area contributed by atoms with Crippen LogP contribution in [0, 0.1) is 0 Å². The molecule has 1 amide bonds. The first-order chi connectivity index (χ1) is 9.25. The van der Waals surface area contributed by atoms with Crippen LogP contribution in [0.15, 0.2) is 63.8 Å². The van der Waals surface area contributed by atoms with Crippen LogP contribution in [0.3, 0.4) is 0 Å². The van der Waals surface area contributed by atoms with Gasteiger partial charge in [0.15, 0.2) is 5.76 Å². The Balaban J connectivity index is 1.92. The minimum atomic E-state index is -0.367. The molecule has 2 rings (SSSR count). The normalized spacial score (nSPS) is 11.7. The summed E-state index contributed by atoms with van der Waals surface area (Å²) in [5.41, 5.74) is 4.42. The highest BCUT2D eigenvalue weighted by Gasteiger charge is 2.05. The van der Waals surface area contributed by atoms with Gasteiger partial charge in [0, 0.05) is 0 Å². The fraction of sp³-hybridized carbons (Fsp3) is 0.0667. The van der Waals surface area contributed by atoms with Crippen molar-refractivity contribution in [2.45, 2.75) is 6.92 Å². The van der Waals surface area contributed by atoms with Crippen LogP contribution >= 0.6 is 0 Å². The quantitative estimate of drug-likeness (QED) is 0.673. The van der Waals surface area contributed by atoms with E-state index in [9.17, 15) is 4.79 Å². The summed E-state index contributed by atoms with van der Waals surface area (Å²) in [7, 11) is 0. The molecule has 0 spiro atoms. The van der Waals surface area contributed by atoms with Crippen LogP contribution in [-0.2, 0) is 0 Å². The van der Waals surface area contributed by atoms with Crippen LogP contribution in [-0.4, -0.2) is 12.1 Å². The molecule has 0 atom stereocenters. The molecule has 0 saturated heterocycles. The number of rotatable bonds is 4. The van der Waals surface area contributed by atoms with E-state index in [0.29, 0.717) is 0 Å². The largest absolute Gasteiger partial charge is 0.459 e. The number of nitrogens with one attached hydrogen (secondary N) is 1. The molecule has 4 heteroatoms. The fourth-order valence-corrected chi connectivity index (χ4v) is 1.50. The first-order valence-corrected chi connectivity index (χ1v) is 5.86. The van der Waals surface area contributed by atoms with Gasteiger partial charge in [-0.25, -0.2) is 5.43 Å². The Morgan fingerprint density at radius 3 is 2.68 bits per heavy atom. The van der Waals surface area contributed by atoms with Gasteiger partial charge in [0.05, 0.1) is 12.5 Å². The molecule has 1 heterocycles. The van der Waals surface area contributed by atoms with Crippen molar-refractivity contribution in [3.05, 3.63) is 65.6 Å². The maximum Gasteiger partial charge on any atom is 0.307 e. The summed E-state index contributed by atoms with van der Waals surface area (Å²) in [5, 5.41) is 3.87. The minimum Gasteiger partial charge on any atom is -0.459 e. The van der Waals surface area contributed by atoms with E-state index in [1.807, 2.05) is 43.3 Å². The molecule has 1 aromatic carbocycles. The Labute approximate surface area is 111 Å². The number of hydrazone groups is 1. The van der Waals surface area contributed by atoms with Gasteiger partial charge in [-0.05, 0) is 30.2 Å². The molecule has 0 fully saturated rings. The van der Waals surface area contributed by atoms with Gasteiger partial charge in [0.25, 0.3) is 0 Å². The molecule has 0 radical (unpaired) electrons. The molecule has 0 bridgehead atoms. The van der Waals surface area contributed by atoms with Crippen LogP contribution in [0.4, 0.5) is 0 Å². The molecule has 0 saturated carbocycles. The lowest BCUT2D eigenvalue weighted by Crippen LogP contribution is -2.16. The number of allylic oxidation sites excluding steroid dienone is 1. The number of nitrogens with zero attached hydrogens (tertiary/aromatic N) is 1. The monoisotopic (exact) mass is 254 g/mol. The van der Waals surface area contributed by atoms with Crippen molar-refractivity contribution in [1.82, 2.24) is 5.43 Å². The van der Waals surface area contributed by atoms with Gasteiger partial charge in [0.2, 0.25) is 0 Å².